The zero-order chi connectivity index (χ0) is 17.4. The summed E-state index contributed by atoms with van der Waals surface area (Å²) in [4.78, 5) is 4.33. The van der Waals surface area contributed by atoms with Crippen LogP contribution in [0, 0.1) is 26.6 Å². The van der Waals surface area contributed by atoms with Crippen LogP contribution in [0.15, 0.2) is 24.3 Å². The smallest absolute Gasteiger partial charge is 0.149 e. The minimum atomic E-state index is -0.286. The Kier molecular flexibility index (Phi) is 4.26. The Morgan fingerprint density at radius 3 is 2.67 bits per heavy atom. The fourth-order valence-electron chi connectivity index (χ4n) is 3.20. The van der Waals surface area contributed by atoms with E-state index in [0.717, 1.165) is 28.9 Å². The molecule has 3 rings (SSSR count). The zero-order valence-corrected chi connectivity index (χ0v) is 14.8. The van der Waals surface area contributed by atoms with E-state index in [1.54, 1.807) is 6.07 Å². The van der Waals surface area contributed by atoms with E-state index >= 15 is 0 Å². The second-order valence-electron chi connectivity index (χ2n) is 6.47. The third kappa shape index (κ3) is 2.98. The van der Waals surface area contributed by atoms with Crippen molar-refractivity contribution in [3.8, 4) is 0 Å². The van der Waals surface area contributed by atoms with Crippen LogP contribution in [0.5, 0.6) is 0 Å². The number of hydrogen-bond acceptors (Lipinski definition) is 3. The molecular formula is C19H23FN4. The molecule has 1 N–H and O–H groups in total. The second-order valence-corrected chi connectivity index (χ2v) is 6.47. The lowest BCUT2D eigenvalue weighted by molar-refractivity contribution is 0.636. The van der Waals surface area contributed by atoms with Gasteiger partial charge < -0.3 is 5.32 Å². The van der Waals surface area contributed by atoms with Gasteiger partial charge in [0, 0.05) is 35.6 Å². The number of nitrogens with zero attached hydrogens (tertiary/aromatic N) is 3. The van der Waals surface area contributed by atoms with Gasteiger partial charge in [0.2, 0.25) is 0 Å². The largest absolute Gasteiger partial charge is 0.382 e. The maximum absolute atomic E-state index is 14.0. The van der Waals surface area contributed by atoms with Crippen LogP contribution in [0.3, 0.4) is 0 Å². The van der Waals surface area contributed by atoms with E-state index in [9.17, 15) is 4.39 Å². The standard InChI is InChI=1S/C19H23FN4/c1-11(9-16-13(3)23-24(5)14(16)4)21-18-10-12(2)22-19-15(18)7-6-8-17(19)20/h6-8,10-11H,9H2,1-5H3,(H,21,22). The van der Waals surface area contributed by atoms with Gasteiger partial charge in [-0.05, 0) is 51.8 Å². The summed E-state index contributed by atoms with van der Waals surface area (Å²) in [7, 11) is 1.96. The van der Waals surface area contributed by atoms with Gasteiger partial charge in [-0.15, -0.1) is 0 Å². The average Bonchev–Trinajstić information content (AvgIpc) is 2.75. The molecule has 0 saturated carbocycles. The predicted molar refractivity (Wildman–Crippen MR) is 95.9 cm³/mol. The molecule has 1 unspecified atom stereocenters. The van der Waals surface area contributed by atoms with E-state index in [2.05, 4.69) is 29.2 Å². The van der Waals surface area contributed by atoms with Gasteiger partial charge in [-0.1, -0.05) is 12.1 Å². The summed E-state index contributed by atoms with van der Waals surface area (Å²) in [5, 5.41) is 8.81. The maximum atomic E-state index is 14.0. The van der Waals surface area contributed by atoms with Gasteiger partial charge in [0.05, 0.1) is 5.69 Å². The second kappa shape index (κ2) is 6.23. The number of para-hydroxylation sites is 1. The number of halogens is 1. The first kappa shape index (κ1) is 16.4. The Hall–Kier alpha value is -2.43. The van der Waals surface area contributed by atoms with Crippen LogP contribution in [0.4, 0.5) is 10.1 Å². The number of aryl methyl sites for hydroxylation is 3. The molecular weight excluding hydrogens is 303 g/mol. The average molecular weight is 326 g/mol. The molecule has 0 amide bonds. The van der Waals surface area contributed by atoms with Crippen molar-refractivity contribution in [2.45, 2.75) is 40.2 Å². The fraction of sp³-hybridized carbons (Fsp3) is 0.368. The summed E-state index contributed by atoms with van der Waals surface area (Å²) in [6, 6.07) is 7.24. The Balaban J connectivity index is 1.91. The molecule has 5 heteroatoms. The molecule has 2 aromatic heterocycles. The number of aromatic nitrogens is 3. The SMILES string of the molecule is Cc1cc(NC(C)Cc2c(C)nn(C)c2C)c2cccc(F)c2n1. The Bertz CT molecular complexity index is 898. The summed E-state index contributed by atoms with van der Waals surface area (Å²) in [5.74, 6) is -0.286. The highest BCUT2D eigenvalue weighted by atomic mass is 19.1. The van der Waals surface area contributed by atoms with Crippen molar-refractivity contribution < 1.29 is 4.39 Å². The van der Waals surface area contributed by atoms with Gasteiger partial charge in [0.15, 0.2) is 0 Å². The number of benzene rings is 1. The highest BCUT2D eigenvalue weighted by Crippen LogP contribution is 2.26. The number of pyridine rings is 1. The number of hydrogen-bond donors (Lipinski definition) is 1. The molecule has 1 aromatic carbocycles. The molecule has 0 radical (unpaired) electrons. The van der Waals surface area contributed by atoms with Gasteiger partial charge in [0.1, 0.15) is 11.3 Å². The lowest BCUT2D eigenvalue weighted by Gasteiger charge is -2.18. The summed E-state index contributed by atoms with van der Waals surface area (Å²) < 4.78 is 16.0. The highest BCUT2D eigenvalue weighted by Gasteiger charge is 2.15. The molecule has 0 bridgehead atoms. The van der Waals surface area contributed by atoms with E-state index in [1.807, 2.05) is 37.7 Å². The van der Waals surface area contributed by atoms with Crippen molar-refractivity contribution in [2.24, 2.45) is 7.05 Å². The zero-order valence-electron chi connectivity index (χ0n) is 14.8. The molecule has 3 aromatic rings. The van der Waals surface area contributed by atoms with Crippen molar-refractivity contribution in [1.29, 1.82) is 0 Å². The Labute approximate surface area is 141 Å². The molecule has 0 fully saturated rings. The fourth-order valence-corrected chi connectivity index (χ4v) is 3.20. The number of anilines is 1. The number of rotatable bonds is 4. The maximum Gasteiger partial charge on any atom is 0.149 e. The lowest BCUT2D eigenvalue weighted by atomic mass is 10.0. The van der Waals surface area contributed by atoms with Gasteiger partial charge in [0.25, 0.3) is 0 Å². The molecule has 0 aliphatic rings. The monoisotopic (exact) mass is 326 g/mol. The molecule has 0 saturated heterocycles. The van der Waals surface area contributed by atoms with Crippen LogP contribution < -0.4 is 5.32 Å². The van der Waals surface area contributed by atoms with E-state index < -0.39 is 0 Å². The Morgan fingerprint density at radius 2 is 2.00 bits per heavy atom. The molecule has 0 aliphatic carbocycles. The summed E-state index contributed by atoms with van der Waals surface area (Å²) in [6.07, 6.45) is 0.865. The normalized spacial score (nSPS) is 12.6. The van der Waals surface area contributed by atoms with Crippen LogP contribution in [0.2, 0.25) is 0 Å². The number of nitrogens with one attached hydrogen (secondary N) is 1. The van der Waals surface area contributed by atoms with E-state index in [4.69, 9.17) is 0 Å². The molecule has 0 aliphatic heterocycles. The first-order valence-corrected chi connectivity index (χ1v) is 8.18. The highest BCUT2D eigenvalue weighted by molar-refractivity contribution is 5.91. The first-order chi connectivity index (χ1) is 11.4. The third-order valence-electron chi connectivity index (χ3n) is 4.49. The summed E-state index contributed by atoms with van der Waals surface area (Å²) in [5.41, 5.74) is 5.65. The topological polar surface area (TPSA) is 42.7 Å². The van der Waals surface area contributed by atoms with Crippen molar-refractivity contribution in [3.05, 3.63) is 52.7 Å². The lowest BCUT2D eigenvalue weighted by Crippen LogP contribution is -2.19. The van der Waals surface area contributed by atoms with Crippen LogP contribution in [0.25, 0.3) is 10.9 Å². The van der Waals surface area contributed by atoms with Crippen molar-refractivity contribution in [2.75, 3.05) is 5.32 Å². The third-order valence-corrected chi connectivity index (χ3v) is 4.49. The van der Waals surface area contributed by atoms with Crippen LogP contribution in [0.1, 0.15) is 29.6 Å². The molecule has 1 atom stereocenters. The number of fused-ring (bicyclic) bond motifs is 1. The van der Waals surface area contributed by atoms with Gasteiger partial charge in [-0.3, -0.25) is 4.68 Å². The quantitative estimate of drug-likeness (QED) is 0.786. The van der Waals surface area contributed by atoms with Crippen LogP contribution >= 0.6 is 0 Å². The van der Waals surface area contributed by atoms with E-state index in [-0.39, 0.29) is 11.9 Å². The first-order valence-electron chi connectivity index (χ1n) is 8.18. The Morgan fingerprint density at radius 1 is 1.25 bits per heavy atom. The molecule has 0 spiro atoms. The van der Waals surface area contributed by atoms with Crippen molar-refractivity contribution >= 4 is 16.6 Å². The van der Waals surface area contributed by atoms with Crippen LogP contribution in [-0.2, 0) is 13.5 Å². The van der Waals surface area contributed by atoms with Crippen molar-refractivity contribution in [3.63, 3.8) is 0 Å². The molecule has 126 valence electrons. The summed E-state index contributed by atoms with van der Waals surface area (Å²) >= 11 is 0. The van der Waals surface area contributed by atoms with Crippen LogP contribution in [-0.4, -0.2) is 20.8 Å². The van der Waals surface area contributed by atoms with E-state index in [0.29, 0.717) is 5.52 Å². The van der Waals surface area contributed by atoms with E-state index in [1.165, 1.54) is 17.3 Å². The minimum Gasteiger partial charge on any atom is -0.382 e. The van der Waals surface area contributed by atoms with Gasteiger partial charge in [-0.25, -0.2) is 9.37 Å². The molecule has 4 nitrogen and oxygen atoms in total. The minimum absolute atomic E-state index is 0.194. The predicted octanol–water partition coefficient (Wildman–Crippen LogP) is 4.08. The summed E-state index contributed by atoms with van der Waals surface area (Å²) in [6.45, 7) is 8.14. The molecule has 2 heterocycles. The van der Waals surface area contributed by atoms with Crippen molar-refractivity contribution in [1.82, 2.24) is 14.8 Å². The van der Waals surface area contributed by atoms with Gasteiger partial charge >= 0.3 is 0 Å². The van der Waals surface area contributed by atoms with Gasteiger partial charge in [-0.2, -0.15) is 5.10 Å². The molecule has 24 heavy (non-hydrogen) atoms.